The van der Waals surface area contributed by atoms with E-state index in [1.54, 1.807) is 0 Å². The van der Waals surface area contributed by atoms with Gasteiger partial charge in [0.1, 0.15) is 0 Å². The summed E-state index contributed by atoms with van der Waals surface area (Å²) in [5.41, 5.74) is 5.15. The number of nitrogens with zero attached hydrogens (tertiary/aromatic N) is 1. The summed E-state index contributed by atoms with van der Waals surface area (Å²) in [6, 6.07) is 8.99. The third kappa shape index (κ3) is 2.42. The lowest BCUT2D eigenvalue weighted by molar-refractivity contribution is 0.565. The summed E-state index contributed by atoms with van der Waals surface area (Å²) in [4.78, 5) is 0. The maximum atomic E-state index is 6.45. The molecule has 1 aromatic carbocycles. The zero-order valence-electron chi connectivity index (χ0n) is 11.4. The van der Waals surface area contributed by atoms with E-state index in [-0.39, 0.29) is 5.38 Å². The van der Waals surface area contributed by atoms with Crippen molar-refractivity contribution >= 4 is 11.6 Å². The first-order valence-corrected chi connectivity index (χ1v) is 7.35. The summed E-state index contributed by atoms with van der Waals surface area (Å²) in [6.07, 6.45) is 3.87. The Labute approximate surface area is 119 Å². The van der Waals surface area contributed by atoms with Crippen molar-refractivity contribution in [1.82, 2.24) is 10.2 Å². The molecule has 0 amide bonds. The lowest BCUT2D eigenvalue weighted by atomic mass is 9.82. The van der Waals surface area contributed by atoms with Gasteiger partial charge in [0.2, 0.25) is 0 Å². The molecule has 1 aliphatic rings. The van der Waals surface area contributed by atoms with Gasteiger partial charge < -0.3 is 0 Å². The predicted molar refractivity (Wildman–Crippen MR) is 78.8 cm³/mol. The first-order chi connectivity index (χ1) is 9.15. The molecule has 1 aromatic heterocycles. The van der Waals surface area contributed by atoms with Crippen molar-refractivity contribution in [1.29, 1.82) is 0 Å². The number of aromatic amines is 1. The molecule has 0 aliphatic heterocycles. The van der Waals surface area contributed by atoms with Crippen LogP contribution in [0.3, 0.4) is 0 Å². The van der Waals surface area contributed by atoms with Crippen LogP contribution < -0.4 is 0 Å². The molecule has 0 radical (unpaired) electrons. The Morgan fingerprint density at radius 1 is 1.26 bits per heavy atom. The molecule has 2 aromatic rings. The van der Waals surface area contributed by atoms with Crippen molar-refractivity contribution in [2.24, 2.45) is 0 Å². The molecule has 0 saturated heterocycles. The number of hydrogen-bond donors (Lipinski definition) is 1. The quantitative estimate of drug-likeness (QED) is 0.800. The van der Waals surface area contributed by atoms with Crippen LogP contribution in [0.15, 0.2) is 30.5 Å². The van der Waals surface area contributed by atoms with E-state index in [0.717, 1.165) is 12.8 Å². The molecular weight excluding hydrogens is 256 g/mol. The van der Waals surface area contributed by atoms with Crippen LogP contribution in [-0.4, -0.2) is 10.2 Å². The summed E-state index contributed by atoms with van der Waals surface area (Å²) in [6.45, 7) is 4.45. The average molecular weight is 275 g/mol. The number of H-pyrrole nitrogens is 1. The van der Waals surface area contributed by atoms with Crippen LogP contribution in [0, 0.1) is 0 Å². The summed E-state index contributed by atoms with van der Waals surface area (Å²) >= 11 is 6.45. The van der Waals surface area contributed by atoms with Crippen molar-refractivity contribution in [3.63, 3.8) is 0 Å². The molecule has 0 fully saturated rings. The van der Waals surface area contributed by atoms with Crippen LogP contribution in [0.2, 0.25) is 0 Å². The molecule has 19 heavy (non-hydrogen) atoms. The highest BCUT2D eigenvalue weighted by molar-refractivity contribution is 6.21. The second-order valence-corrected chi connectivity index (χ2v) is 6.26. The highest BCUT2D eigenvalue weighted by atomic mass is 35.5. The first-order valence-electron chi connectivity index (χ1n) is 6.91. The van der Waals surface area contributed by atoms with Crippen molar-refractivity contribution in [2.45, 2.75) is 43.9 Å². The molecule has 1 aliphatic carbocycles. The first kappa shape index (κ1) is 12.7. The van der Waals surface area contributed by atoms with Crippen LogP contribution in [0.5, 0.6) is 0 Å². The molecule has 3 rings (SSSR count). The number of rotatable bonds is 2. The Morgan fingerprint density at radius 2 is 2.00 bits per heavy atom. The molecule has 3 heteroatoms. The van der Waals surface area contributed by atoms with E-state index in [4.69, 9.17) is 11.6 Å². The minimum atomic E-state index is 0.0808. The van der Waals surface area contributed by atoms with Crippen LogP contribution >= 0.6 is 11.6 Å². The summed E-state index contributed by atoms with van der Waals surface area (Å²) < 4.78 is 0. The molecular formula is C16H19ClN2. The zero-order chi connectivity index (χ0) is 13.4. The number of alkyl halides is 1. The highest BCUT2D eigenvalue weighted by Gasteiger charge is 2.28. The maximum absolute atomic E-state index is 6.45. The Kier molecular flexibility index (Phi) is 3.36. The van der Waals surface area contributed by atoms with Crippen molar-refractivity contribution in [3.05, 3.63) is 52.8 Å². The predicted octanol–water partition coefficient (Wildman–Crippen LogP) is 4.54. The van der Waals surface area contributed by atoms with Crippen LogP contribution in [0.1, 0.15) is 59.9 Å². The Bertz CT molecular complexity index is 556. The standard InChI is InChI=1S/C16H19ClN2/c1-10(2)11-3-5-12(6-4-11)13-7-15(17)14-9-18-19-16(14)8-13/h3-6,9-10,13,15H,7-8H2,1-2H3,(H,18,19). The summed E-state index contributed by atoms with van der Waals surface area (Å²) in [5.74, 6) is 1.08. The van der Waals surface area contributed by atoms with Gasteiger partial charge >= 0.3 is 0 Å². The molecule has 0 bridgehead atoms. The molecule has 2 unspecified atom stereocenters. The maximum Gasteiger partial charge on any atom is 0.0624 e. The van der Waals surface area contributed by atoms with Gasteiger partial charge in [-0.05, 0) is 35.8 Å². The molecule has 0 saturated carbocycles. The lowest BCUT2D eigenvalue weighted by Gasteiger charge is -2.26. The van der Waals surface area contributed by atoms with E-state index in [9.17, 15) is 0 Å². The fourth-order valence-corrected chi connectivity index (χ4v) is 3.27. The van der Waals surface area contributed by atoms with E-state index in [1.807, 2.05) is 6.20 Å². The molecule has 1 heterocycles. The molecule has 1 N–H and O–H groups in total. The Morgan fingerprint density at radius 3 is 2.68 bits per heavy atom. The van der Waals surface area contributed by atoms with Crippen LogP contribution in [-0.2, 0) is 6.42 Å². The fraction of sp³-hybridized carbons (Fsp3) is 0.438. The van der Waals surface area contributed by atoms with Crippen LogP contribution in [0.4, 0.5) is 0 Å². The van der Waals surface area contributed by atoms with Gasteiger partial charge in [-0.3, -0.25) is 5.10 Å². The largest absolute Gasteiger partial charge is 0.282 e. The second-order valence-electron chi connectivity index (χ2n) is 5.73. The Hall–Kier alpha value is -1.28. The van der Waals surface area contributed by atoms with Crippen molar-refractivity contribution in [3.8, 4) is 0 Å². The van der Waals surface area contributed by atoms with Gasteiger partial charge in [-0.25, -0.2) is 0 Å². The normalized spacial score (nSPS) is 22.5. The molecule has 0 spiro atoms. The molecule has 100 valence electrons. The number of fused-ring (bicyclic) bond motifs is 1. The summed E-state index contributed by atoms with van der Waals surface area (Å²) in [5, 5.41) is 7.27. The number of aromatic nitrogens is 2. The number of halogens is 1. The summed E-state index contributed by atoms with van der Waals surface area (Å²) in [7, 11) is 0. The van der Waals surface area contributed by atoms with Gasteiger partial charge in [0, 0.05) is 11.3 Å². The molecule has 2 atom stereocenters. The van der Waals surface area contributed by atoms with E-state index in [0.29, 0.717) is 11.8 Å². The number of nitrogens with one attached hydrogen (secondary N) is 1. The van der Waals surface area contributed by atoms with Gasteiger partial charge in [-0.2, -0.15) is 5.10 Å². The third-order valence-electron chi connectivity index (χ3n) is 4.11. The topological polar surface area (TPSA) is 28.7 Å². The number of benzene rings is 1. The van der Waals surface area contributed by atoms with Crippen molar-refractivity contribution in [2.75, 3.05) is 0 Å². The number of hydrogen-bond acceptors (Lipinski definition) is 1. The third-order valence-corrected chi connectivity index (χ3v) is 4.52. The van der Waals surface area contributed by atoms with Gasteiger partial charge in [-0.15, -0.1) is 11.6 Å². The minimum Gasteiger partial charge on any atom is -0.282 e. The van der Waals surface area contributed by atoms with Gasteiger partial charge in [0.25, 0.3) is 0 Å². The monoisotopic (exact) mass is 274 g/mol. The highest BCUT2D eigenvalue weighted by Crippen LogP contribution is 2.41. The lowest BCUT2D eigenvalue weighted by Crippen LogP contribution is -2.14. The van der Waals surface area contributed by atoms with E-state index >= 15 is 0 Å². The second kappa shape index (κ2) is 5.01. The van der Waals surface area contributed by atoms with E-state index in [2.05, 4.69) is 48.3 Å². The van der Waals surface area contributed by atoms with Gasteiger partial charge in [0.05, 0.1) is 11.6 Å². The smallest absolute Gasteiger partial charge is 0.0624 e. The van der Waals surface area contributed by atoms with E-state index < -0.39 is 0 Å². The van der Waals surface area contributed by atoms with Gasteiger partial charge in [0.15, 0.2) is 0 Å². The SMILES string of the molecule is CC(C)c1ccc(C2Cc3[nH]ncc3C(Cl)C2)cc1. The minimum absolute atomic E-state index is 0.0808. The molecule has 2 nitrogen and oxygen atoms in total. The van der Waals surface area contributed by atoms with Crippen LogP contribution in [0.25, 0.3) is 0 Å². The van der Waals surface area contributed by atoms with E-state index in [1.165, 1.54) is 22.4 Å². The average Bonchev–Trinajstić information content (AvgIpc) is 2.87. The van der Waals surface area contributed by atoms with Gasteiger partial charge in [-0.1, -0.05) is 38.1 Å². The zero-order valence-corrected chi connectivity index (χ0v) is 12.1. The Balaban J connectivity index is 1.84. The fourth-order valence-electron chi connectivity index (χ4n) is 2.87. The van der Waals surface area contributed by atoms with Crippen molar-refractivity contribution < 1.29 is 0 Å².